The zero-order valence-corrected chi connectivity index (χ0v) is 16.1. The van der Waals surface area contributed by atoms with Gasteiger partial charge in [-0.15, -0.1) is 11.3 Å². The number of aromatic amines is 1. The third-order valence-electron chi connectivity index (χ3n) is 4.69. The van der Waals surface area contributed by atoms with Crippen LogP contribution in [0.1, 0.15) is 16.5 Å². The number of H-pyrrole nitrogens is 1. The Labute approximate surface area is 166 Å². The average molecular weight is 394 g/mol. The van der Waals surface area contributed by atoms with Crippen LogP contribution in [0.25, 0.3) is 10.9 Å². The molecule has 0 saturated heterocycles. The number of aromatic nitrogens is 1. The Morgan fingerprint density at radius 1 is 1.14 bits per heavy atom. The van der Waals surface area contributed by atoms with Crippen molar-refractivity contribution >= 4 is 28.1 Å². The Morgan fingerprint density at radius 2 is 1.93 bits per heavy atom. The number of hydrogen-bond acceptors (Lipinski definition) is 3. The van der Waals surface area contributed by atoms with Gasteiger partial charge in [0.2, 0.25) is 0 Å². The van der Waals surface area contributed by atoms with Crippen molar-refractivity contribution in [3.05, 3.63) is 88.5 Å². The number of halogens is 1. The average Bonchev–Trinajstić information content (AvgIpc) is 3.38. The normalized spacial score (nSPS) is 12.1. The molecule has 142 valence electrons. The number of para-hydroxylation sites is 1. The number of nitrogens with one attached hydrogen (secondary N) is 1. The summed E-state index contributed by atoms with van der Waals surface area (Å²) < 4.78 is 18.6. The van der Waals surface area contributed by atoms with Gasteiger partial charge in [-0.25, -0.2) is 4.39 Å². The van der Waals surface area contributed by atoms with E-state index in [0.717, 1.165) is 21.3 Å². The van der Waals surface area contributed by atoms with Crippen molar-refractivity contribution in [2.45, 2.75) is 6.04 Å². The quantitative estimate of drug-likeness (QED) is 0.500. The minimum atomic E-state index is -0.340. The minimum absolute atomic E-state index is 0.119. The number of benzene rings is 2. The van der Waals surface area contributed by atoms with Crippen molar-refractivity contribution in [1.82, 2.24) is 9.88 Å². The molecular formula is C22H19FN2O2S. The van der Waals surface area contributed by atoms with Crippen molar-refractivity contribution < 1.29 is 13.9 Å². The van der Waals surface area contributed by atoms with E-state index in [9.17, 15) is 9.18 Å². The van der Waals surface area contributed by atoms with Crippen LogP contribution in [0.3, 0.4) is 0 Å². The first kappa shape index (κ1) is 18.3. The lowest BCUT2D eigenvalue weighted by Crippen LogP contribution is -2.35. The predicted octanol–water partition coefficient (Wildman–Crippen LogP) is 5.00. The highest BCUT2D eigenvalue weighted by molar-refractivity contribution is 7.10. The summed E-state index contributed by atoms with van der Waals surface area (Å²) in [6.07, 6.45) is 1.96. The molecule has 28 heavy (non-hydrogen) atoms. The van der Waals surface area contributed by atoms with E-state index in [1.807, 2.05) is 41.9 Å². The van der Waals surface area contributed by atoms with Crippen molar-refractivity contribution in [3.63, 3.8) is 0 Å². The molecule has 2 heterocycles. The van der Waals surface area contributed by atoms with Crippen LogP contribution in [-0.2, 0) is 4.79 Å². The summed E-state index contributed by atoms with van der Waals surface area (Å²) in [5.74, 6) is -0.0381. The number of amides is 1. The third-order valence-corrected chi connectivity index (χ3v) is 5.61. The van der Waals surface area contributed by atoms with Crippen LogP contribution < -0.4 is 4.74 Å². The number of carbonyl (C=O) groups excluding carboxylic acids is 1. The molecule has 4 nitrogen and oxygen atoms in total. The Balaban J connectivity index is 1.59. The summed E-state index contributed by atoms with van der Waals surface area (Å²) in [4.78, 5) is 18.9. The van der Waals surface area contributed by atoms with Gasteiger partial charge in [-0.3, -0.25) is 4.79 Å². The summed E-state index contributed by atoms with van der Waals surface area (Å²) in [7, 11) is 1.78. The Bertz CT molecular complexity index is 1070. The van der Waals surface area contributed by atoms with Crippen LogP contribution in [0, 0.1) is 5.82 Å². The molecule has 0 aliphatic heterocycles. The number of likely N-dealkylation sites (N-methyl/N-ethyl adjacent to an activating group) is 1. The van der Waals surface area contributed by atoms with Gasteiger partial charge in [0.15, 0.2) is 6.61 Å². The molecule has 2 aromatic heterocycles. The van der Waals surface area contributed by atoms with Gasteiger partial charge in [0.1, 0.15) is 11.6 Å². The highest BCUT2D eigenvalue weighted by Gasteiger charge is 2.27. The molecular weight excluding hydrogens is 375 g/mol. The first-order valence-corrected chi connectivity index (χ1v) is 9.75. The van der Waals surface area contributed by atoms with E-state index >= 15 is 0 Å². The van der Waals surface area contributed by atoms with Crippen LogP contribution in [0.5, 0.6) is 5.75 Å². The standard InChI is InChI=1S/C22H19FN2O2S/c1-25(21(26)14-27-16-10-8-15(23)9-11-16)22(20-7-4-12-28-20)18-13-24-19-6-3-2-5-17(18)19/h2-13,22,24H,14H2,1H3/t22-/m1/s1. The highest BCUT2D eigenvalue weighted by Crippen LogP contribution is 2.35. The van der Waals surface area contributed by atoms with E-state index in [1.165, 1.54) is 24.3 Å². The molecule has 4 aromatic rings. The van der Waals surface area contributed by atoms with Crippen molar-refractivity contribution in [3.8, 4) is 5.75 Å². The molecule has 1 amide bonds. The van der Waals surface area contributed by atoms with E-state index in [0.29, 0.717) is 5.75 Å². The van der Waals surface area contributed by atoms with Crippen LogP contribution in [0.4, 0.5) is 4.39 Å². The number of nitrogens with zero attached hydrogens (tertiary/aromatic N) is 1. The van der Waals surface area contributed by atoms with Gasteiger partial charge in [0.05, 0.1) is 6.04 Å². The molecule has 1 atom stereocenters. The van der Waals surface area contributed by atoms with Gasteiger partial charge in [0.25, 0.3) is 5.91 Å². The summed E-state index contributed by atoms with van der Waals surface area (Å²) in [5.41, 5.74) is 2.07. The summed E-state index contributed by atoms with van der Waals surface area (Å²) >= 11 is 1.61. The van der Waals surface area contributed by atoms with Gasteiger partial charge in [-0.2, -0.15) is 0 Å². The monoisotopic (exact) mass is 394 g/mol. The molecule has 0 spiro atoms. The number of carbonyl (C=O) groups is 1. The number of ether oxygens (including phenoxy) is 1. The fraction of sp³-hybridized carbons (Fsp3) is 0.136. The Kier molecular flexibility index (Phi) is 5.12. The lowest BCUT2D eigenvalue weighted by molar-refractivity contribution is -0.133. The maximum atomic E-state index is 13.0. The second kappa shape index (κ2) is 7.86. The van der Waals surface area contributed by atoms with Gasteiger partial charge in [-0.1, -0.05) is 24.3 Å². The van der Waals surface area contributed by atoms with Gasteiger partial charge in [0, 0.05) is 34.6 Å². The maximum absolute atomic E-state index is 13.0. The Morgan fingerprint density at radius 3 is 2.68 bits per heavy atom. The fourth-order valence-corrected chi connectivity index (χ4v) is 4.13. The number of fused-ring (bicyclic) bond motifs is 1. The zero-order chi connectivity index (χ0) is 19.5. The fourth-order valence-electron chi connectivity index (χ4n) is 3.24. The zero-order valence-electron chi connectivity index (χ0n) is 15.3. The van der Waals surface area contributed by atoms with Crippen molar-refractivity contribution in [2.75, 3.05) is 13.7 Å². The third kappa shape index (κ3) is 3.64. The number of thiophene rings is 1. The lowest BCUT2D eigenvalue weighted by Gasteiger charge is -2.27. The first-order valence-electron chi connectivity index (χ1n) is 8.87. The summed E-state index contributed by atoms with van der Waals surface area (Å²) in [6.45, 7) is -0.119. The molecule has 1 N–H and O–H groups in total. The smallest absolute Gasteiger partial charge is 0.261 e. The Hall–Kier alpha value is -3.12. The van der Waals surface area contributed by atoms with Crippen molar-refractivity contribution in [2.24, 2.45) is 0 Å². The first-order chi connectivity index (χ1) is 13.6. The largest absolute Gasteiger partial charge is 0.484 e. The molecule has 0 saturated carbocycles. The van der Waals surface area contributed by atoms with E-state index in [4.69, 9.17) is 4.74 Å². The predicted molar refractivity (Wildman–Crippen MR) is 109 cm³/mol. The van der Waals surface area contributed by atoms with E-state index < -0.39 is 0 Å². The highest BCUT2D eigenvalue weighted by atomic mass is 32.1. The number of rotatable bonds is 6. The molecule has 6 heteroatoms. The SMILES string of the molecule is CN(C(=O)COc1ccc(F)cc1)[C@@H](c1cccs1)c1c[nH]c2ccccc12. The van der Waals surface area contributed by atoms with Crippen LogP contribution in [0.15, 0.2) is 72.2 Å². The van der Waals surface area contributed by atoms with Gasteiger partial charge >= 0.3 is 0 Å². The van der Waals surface area contributed by atoms with Crippen molar-refractivity contribution in [1.29, 1.82) is 0 Å². The van der Waals surface area contributed by atoms with Crippen LogP contribution in [0.2, 0.25) is 0 Å². The molecule has 0 unspecified atom stereocenters. The molecule has 4 rings (SSSR count). The molecule has 0 bridgehead atoms. The van der Waals surface area contributed by atoms with Gasteiger partial charge in [-0.05, 0) is 41.8 Å². The van der Waals surface area contributed by atoms with E-state index in [-0.39, 0.29) is 24.4 Å². The second-order valence-corrected chi connectivity index (χ2v) is 7.43. The van der Waals surface area contributed by atoms with E-state index in [1.54, 1.807) is 23.3 Å². The summed E-state index contributed by atoms with van der Waals surface area (Å²) in [6, 6.07) is 17.5. The molecule has 0 radical (unpaired) electrons. The lowest BCUT2D eigenvalue weighted by atomic mass is 10.0. The second-order valence-electron chi connectivity index (χ2n) is 6.45. The molecule has 0 aliphatic carbocycles. The van der Waals surface area contributed by atoms with Gasteiger partial charge < -0.3 is 14.6 Å². The molecule has 2 aromatic carbocycles. The van der Waals surface area contributed by atoms with Crippen LogP contribution >= 0.6 is 11.3 Å². The minimum Gasteiger partial charge on any atom is -0.484 e. The van der Waals surface area contributed by atoms with Crippen LogP contribution in [-0.4, -0.2) is 29.4 Å². The number of hydrogen-bond donors (Lipinski definition) is 1. The summed E-state index contributed by atoms with van der Waals surface area (Å²) in [5, 5.41) is 3.09. The molecule has 0 aliphatic rings. The topological polar surface area (TPSA) is 45.3 Å². The maximum Gasteiger partial charge on any atom is 0.261 e. The molecule has 0 fully saturated rings. The van der Waals surface area contributed by atoms with E-state index in [2.05, 4.69) is 11.1 Å².